The van der Waals surface area contributed by atoms with Gasteiger partial charge in [-0.2, -0.15) is 4.98 Å². The summed E-state index contributed by atoms with van der Waals surface area (Å²) in [6.07, 6.45) is 0.913. The standard InChI is InChI=1S/C17H23N5O2/c1-21(2)15-13-5-3-4-6-14(13)19-16(20-15)18-11-12-7-9-22(10-8-12)17(23)24/h3-6,12H,7-11H2,1-2H3,(H,23,24)(H,18,19,20). The summed E-state index contributed by atoms with van der Waals surface area (Å²) >= 11 is 0. The number of aromatic nitrogens is 2. The molecular weight excluding hydrogens is 306 g/mol. The van der Waals surface area contributed by atoms with Gasteiger partial charge in [0.2, 0.25) is 5.95 Å². The molecule has 1 aliphatic rings. The van der Waals surface area contributed by atoms with E-state index in [1.165, 1.54) is 4.90 Å². The molecule has 0 unspecified atom stereocenters. The molecule has 1 aromatic carbocycles. The van der Waals surface area contributed by atoms with Gasteiger partial charge in [0.25, 0.3) is 0 Å². The Labute approximate surface area is 141 Å². The largest absolute Gasteiger partial charge is 0.465 e. The molecule has 2 aromatic rings. The number of amides is 1. The molecule has 1 aromatic heterocycles. The highest BCUT2D eigenvalue weighted by atomic mass is 16.4. The molecule has 3 rings (SSSR count). The van der Waals surface area contributed by atoms with E-state index in [9.17, 15) is 4.79 Å². The van der Waals surface area contributed by atoms with Gasteiger partial charge in [-0.15, -0.1) is 0 Å². The van der Waals surface area contributed by atoms with Crippen molar-refractivity contribution in [1.82, 2.24) is 14.9 Å². The van der Waals surface area contributed by atoms with Crippen molar-refractivity contribution in [1.29, 1.82) is 0 Å². The maximum Gasteiger partial charge on any atom is 0.407 e. The van der Waals surface area contributed by atoms with E-state index in [4.69, 9.17) is 5.11 Å². The highest BCUT2D eigenvalue weighted by Gasteiger charge is 2.22. The van der Waals surface area contributed by atoms with Crippen LogP contribution in [0.2, 0.25) is 0 Å². The van der Waals surface area contributed by atoms with Gasteiger partial charge < -0.3 is 20.2 Å². The topological polar surface area (TPSA) is 81.6 Å². The van der Waals surface area contributed by atoms with E-state index < -0.39 is 6.09 Å². The maximum absolute atomic E-state index is 11.0. The second-order valence-electron chi connectivity index (χ2n) is 6.38. The molecule has 2 heterocycles. The number of rotatable bonds is 4. The van der Waals surface area contributed by atoms with Gasteiger partial charge in [-0.3, -0.25) is 0 Å². The SMILES string of the molecule is CN(C)c1nc(NCC2CCN(C(=O)O)CC2)nc2ccccc12. The summed E-state index contributed by atoms with van der Waals surface area (Å²) < 4.78 is 0. The summed E-state index contributed by atoms with van der Waals surface area (Å²) in [6.45, 7) is 1.96. The third-order valence-electron chi connectivity index (χ3n) is 4.44. The number of nitrogens with one attached hydrogen (secondary N) is 1. The lowest BCUT2D eigenvalue weighted by molar-refractivity contribution is 0.126. The first-order valence-corrected chi connectivity index (χ1v) is 8.20. The minimum atomic E-state index is -0.824. The van der Waals surface area contributed by atoms with Crippen LogP contribution >= 0.6 is 0 Å². The van der Waals surface area contributed by atoms with Gasteiger partial charge in [0.05, 0.1) is 5.52 Å². The van der Waals surface area contributed by atoms with Crippen molar-refractivity contribution in [2.24, 2.45) is 5.92 Å². The summed E-state index contributed by atoms with van der Waals surface area (Å²) in [7, 11) is 3.94. The van der Waals surface area contributed by atoms with Gasteiger partial charge in [-0.25, -0.2) is 9.78 Å². The number of hydrogen-bond acceptors (Lipinski definition) is 5. The molecule has 0 radical (unpaired) electrons. The summed E-state index contributed by atoms with van der Waals surface area (Å²) in [6, 6.07) is 7.97. The zero-order valence-corrected chi connectivity index (χ0v) is 14.1. The predicted octanol–water partition coefficient (Wildman–Crippen LogP) is 2.50. The Kier molecular flexibility index (Phi) is 4.69. The Hall–Kier alpha value is -2.57. The molecule has 24 heavy (non-hydrogen) atoms. The Morgan fingerprint density at radius 2 is 2.00 bits per heavy atom. The van der Waals surface area contributed by atoms with Gasteiger partial charge in [0, 0.05) is 39.1 Å². The summed E-state index contributed by atoms with van der Waals surface area (Å²) in [5.41, 5.74) is 0.916. The third kappa shape index (κ3) is 3.50. The molecule has 1 aliphatic heterocycles. The van der Waals surface area contributed by atoms with Crippen molar-refractivity contribution < 1.29 is 9.90 Å². The van der Waals surface area contributed by atoms with Crippen molar-refractivity contribution in [3.8, 4) is 0 Å². The number of hydrogen-bond donors (Lipinski definition) is 2. The van der Waals surface area contributed by atoms with Gasteiger partial charge in [-0.1, -0.05) is 12.1 Å². The van der Waals surface area contributed by atoms with Crippen LogP contribution < -0.4 is 10.2 Å². The lowest BCUT2D eigenvalue weighted by atomic mass is 9.97. The van der Waals surface area contributed by atoms with Crippen LogP contribution in [0.3, 0.4) is 0 Å². The predicted molar refractivity (Wildman–Crippen MR) is 94.7 cm³/mol. The fraction of sp³-hybridized carbons (Fsp3) is 0.471. The quantitative estimate of drug-likeness (QED) is 0.897. The Bertz CT molecular complexity index is 726. The Balaban J connectivity index is 1.69. The lowest BCUT2D eigenvalue weighted by Crippen LogP contribution is -2.39. The third-order valence-corrected chi connectivity index (χ3v) is 4.44. The van der Waals surface area contributed by atoms with E-state index >= 15 is 0 Å². The van der Waals surface area contributed by atoms with Crippen LogP contribution in [0, 0.1) is 5.92 Å². The zero-order valence-electron chi connectivity index (χ0n) is 14.1. The molecule has 0 saturated carbocycles. The Morgan fingerprint density at radius 3 is 2.67 bits per heavy atom. The van der Waals surface area contributed by atoms with E-state index in [1.807, 2.05) is 43.3 Å². The normalized spacial score (nSPS) is 15.5. The van der Waals surface area contributed by atoms with Crippen LogP contribution in [-0.2, 0) is 0 Å². The molecule has 0 atom stereocenters. The monoisotopic (exact) mass is 329 g/mol. The van der Waals surface area contributed by atoms with Crippen LogP contribution in [0.1, 0.15) is 12.8 Å². The average Bonchev–Trinajstić information content (AvgIpc) is 2.59. The molecule has 1 fully saturated rings. The van der Waals surface area contributed by atoms with Crippen LogP contribution in [0.4, 0.5) is 16.6 Å². The molecule has 1 saturated heterocycles. The number of benzene rings is 1. The van der Waals surface area contributed by atoms with E-state index in [0.29, 0.717) is 25.0 Å². The van der Waals surface area contributed by atoms with E-state index in [2.05, 4.69) is 15.3 Å². The molecule has 0 spiro atoms. The van der Waals surface area contributed by atoms with Crippen LogP contribution in [0.5, 0.6) is 0 Å². The highest BCUT2D eigenvalue weighted by Crippen LogP contribution is 2.24. The number of nitrogens with zero attached hydrogens (tertiary/aromatic N) is 4. The molecule has 0 aliphatic carbocycles. The number of carboxylic acid groups (broad SMARTS) is 1. The van der Waals surface area contributed by atoms with Gasteiger partial charge in [-0.05, 0) is 30.9 Å². The van der Waals surface area contributed by atoms with Crippen LogP contribution in [0.15, 0.2) is 24.3 Å². The number of anilines is 2. The second kappa shape index (κ2) is 6.90. The summed E-state index contributed by atoms with van der Waals surface area (Å²) in [5.74, 6) is 1.96. The molecule has 128 valence electrons. The maximum atomic E-state index is 11.0. The van der Waals surface area contributed by atoms with E-state index in [-0.39, 0.29) is 0 Å². The first kappa shape index (κ1) is 16.3. The van der Waals surface area contributed by atoms with Crippen molar-refractivity contribution in [2.45, 2.75) is 12.8 Å². The Morgan fingerprint density at radius 1 is 1.29 bits per heavy atom. The summed E-state index contributed by atoms with van der Waals surface area (Å²) in [4.78, 5) is 23.6. The van der Waals surface area contributed by atoms with Crippen LogP contribution in [0.25, 0.3) is 10.9 Å². The number of piperidine rings is 1. The second-order valence-corrected chi connectivity index (χ2v) is 6.38. The number of fused-ring (bicyclic) bond motifs is 1. The van der Waals surface area contributed by atoms with Crippen molar-refractivity contribution in [3.63, 3.8) is 0 Å². The van der Waals surface area contributed by atoms with Crippen molar-refractivity contribution >= 4 is 28.8 Å². The molecule has 7 heteroatoms. The van der Waals surface area contributed by atoms with Crippen molar-refractivity contribution in [3.05, 3.63) is 24.3 Å². The number of likely N-dealkylation sites (tertiary alicyclic amines) is 1. The molecule has 2 N–H and O–H groups in total. The first-order valence-electron chi connectivity index (χ1n) is 8.20. The van der Waals surface area contributed by atoms with Gasteiger partial charge in [0.1, 0.15) is 5.82 Å². The fourth-order valence-corrected chi connectivity index (χ4v) is 3.04. The van der Waals surface area contributed by atoms with Gasteiger partial charge >= 0.3 is 6.09 Å². The molecule has 1 amide bonds. The first-order chi connectivity index (χ1) is 11.5. The fourth-order valence-electron chi connectivity index (χ4n) is 3.04. The minimum Gasteiger partial charge on any atom is -0.465 e. The smallest absolute Gasteiger partial charge is 0.407 e. The van der Waals surface area contributed by atoms with E-state index in [1.54, 1.807) is 0 Å². The molecule has 0 bridgehead atoms. The van der Waals surface area contributed by atoms with Gasteiger partial charge in [0.15, 0.2) is 0 Å². The molecular formula is C17H23N5O2. The zero-order chi connectivity index (χ0) is 17.1. The highest BCUT2D eigenvalue weighted by molar-refractivity contribution is 5.90. The summed E-state index contributed by atoms with van der Waals surface area (Å²) in [5, 5.41) is 13.4. The van der Waals surface area contributed by atoms with Crippen LogP contribution in [-0.4, -0.2) is 59.8 Å². The number of para-hydroxylation sites is 1. The minimum absolute atomic E-state index is 0.443. The number of carbonyl (C=O) groups is 1. The molecule has 7 nitrogen and oxygen atoms in total. The van der Waals surface area contributed by atoms with Crippen molar-refractivity contribution in [2.75, 3.05) is 43.9 Å². The lowest BCUT2D eigenvalue weighted by Gasteiger charge is -2.30. The average molecular weight is 329 g/mol. The van der Waals surface area contributed by atoms with E-state index in [0.717, 1.165) is 36.1 Å².